The smallest absolute Gasteiger partial charge is 0.500 e. The Morgan fingerprint density at radius 3 is 1.88 bits per heavy atom. The molecule has 0 bridgehead atoms. The lowest BCUT2D eigenvalue weighted by Gasteiger charge is -2.26. The number of nitrogens with one attached hydrogen (secondary N) is 1. The topological polar surface area (TPSA) is 86.3 Å². The van der Waals surface area contributed by atoms with Gasteiger partial charge in [0.25, 0.3) is 0 Å². The molecule has 0 aromatic heterocycles. The molecule has 2 rings (SSSR count). The third kappa shape index (κ3) is 9.14. The molecule has 0 aliphatic heterocycles. The summed E-state index contributed by atoms with van der Waals surface area (Å²) in [6, 6.07) is 8.92. The maximum Gasteiger partial charge on any atom is 0.500 e. The van der Waals surface area contributed by atoms with Crippen LogP contribution >= 0.6 is 0 Å². The molecule has 0 unspecified atom stereocenters. The van der Waals surface area contributed by atoms with E-state index in [2.05, 4.69) is 65.9 Å². The second-order valence-electron chi connectivity index (χ2n) is 12.7. The monoisotopic (exact) mass is 573 g/mol. The Kier molecular flexibility index (Phi) is 12.0. The molecule has 224 valence electrons. The van der Waals surface area contributed by atoms with Crippen LogP contribution in [0.3, 0.4) is 0 Å². The fraction of sp³-hybridized carbons (Fsp3) is 0.594. The van der Waals surface area contributed by atoms with Gasteiger partial charge in [0.2, 0.25) is 0 Å². The number of phenolic OH excluding ortho intramolecular Hbond substituents is 1. The molecule has 40 heavy (non-hydrogen) atoms. The zero-order chi connectivity index (χ0) is 30.3. The van der Waals surface area contributed by atoms with Crippen LogP contribution in [0.5, 0.6) is 11.5 Å². The first kappa shape index (κ1) is 34.0. The maximum atomic E-state index is 13.1. The average Bonchev–Trinajstić information content (AvgIpc) is 2.86. The van der Waals surface area contributed by atoms with Gasteiger partial charge in [0.05, 0.1) is 6.42 Å². The number of hydrogen-bond donors (Lipinski definition) is 2. The Balaban J connectivity index is 2.23. The molecule has 0 aliphatic rings. The molecule has 0 fully saturated rings. The minimum Gasteiger partial charge on any atom is -0.507 e. The predicted octanol–water partition coefficient (Wildman–Crippen LogP) is 6.35. The first-order valence-electron chi connectivity index (χ1n) is 14.1. The van der Waals surface area contributed by atoms with Crippen molar-refractivity contribution in [3.63, 3.8) is 0 Å². The summed E-state index contributed by atoms with van der Waals surface area (Å²) in [4.78, 5) is 13.1. The van der Waals surface area contributed by atoms with E-state index in [4.69, 9.17) is 18.0 Å². The summed E-state index contributed by atoms with van der Waals surface area (Å²) in [5.41, 5.74) is 5.37. The first-order valence-corrected chi connectivity index (χ1v) is 16.0. The van der Waals surface area contributed by atoms with E-state index in [9.17, 15) is 9.90 Å². The van der Waals surface area contributed by atoms with Crippen LogP contribution in [-0.2, 0) is 35.3 Å². The van der Waals surface area contributed by atoms with Gasteiger partial charge in [-0.15, -0.1) is 0 Å². The molecule has 0 spiro atoms. The number of aryl methyl sites for hydroxylation is 2. The van der Waals surface area contributed by atoms with E-state index in [1.165, 1.54) is 0 Å². The molecule has 0 saturated heterocycles. The van der Waals surface area contributed by atoms with Gasteiger partial charge in [-0.1, -0.05) is 76.9 Å². The van der Waals surface area contributed by atoms with Crippen LogP contribution in [0.4, 0.5) is 0 Å². The summed E-state index contributed by atoms with van der Waals surface area (Å²) in [6.07, 6.45) is 1.51. The molecule has 8 heteroatoms. The Hall–Kier alpha value is -2.23. The summed E-state index contributed by atoms with van der Waals surface area (Å²) < 4.78 is 22.5. The SMILES string of the molecule is CO[Si](CCCNCCC(=O)Oc1c(Cc2cc(C)cc(C(C)(C)C)c2O)cc(C)cc1C(C)(C)C)(OC)OC. The lowest BCUT2D eigenvalue weighted by molar-refractivity contribution is -0.134. The second kappa shape index (κ2) is 14.1. The molecule has 2 N–H and O–H groups in total. The third-order valence-electron chi connectivity index (χ3n) is 7.13. The van der Waals surface area contributed by atoms with Crippen LogP contribution < -0.4 is 10.1 Å². The van der Waals surface area contributed by atoms with Crippen molar-refractivity contribution in [2.75, 3.05) is 34.4 Å². The molecule has 2 aromatic carbocycles. The highest BCUT2D eigenvalue weighted by molar-refractivity contribution is 6.60. The molecular formula is C32H51NO6Si. The molecule has 2 aromatic rings. The number of aromatic hydroxyl groups is 1. The molecule has 0 amide bonds. The van der Waals surface area contributed by atoms with Crippen molar-refractivity contribution in [2.45, 2.75) is 91.5 Å². The van der Waals surface area contributed by atoms with Crippen molar-refractivity contribution < 1.29 is 27.9 Å². The van der Waals surface area contributed by atoms with Crippen LogP contribution in [0.15, 0.2) is 24.3 Å². The molecule has 0 radical (unpaired) electrons. The Bertz CT molecular complexity index is 1140. The maximum absolute atomic E-state index is 13.1. The van der Waals surface area contributed by atoms with E-state index in [1.54, 1.807) is 21.3 Å². The molecule has 0 aliphatic carbocycles. The summed E-state index contributed by atoms with van der Waals surface area (Å²) >= 11 is 0. The van der Waals surface area contributed by atoms with Gasteiger partial charge in [-0.3, -0.25) is 4.79 Å². The molecule has 0 atom stereocenters. The first-order chi connectivity index (χ1) is 18.6. The number of carbonyl (C=O) groups excluding carboxylic acids is 1. The van der Waals surface area contributed by atoms with Gasteiger partial charge in [-0.2, -0.15) is 0 Å². The number of phenols is 1. The van der Waals surface area contributed by atoms with Crippen molar-refractivity contribution in [1.29, 1.82) is 0 Å². The highest BCUT2D eigenvalue weighted by Crippen LogP contribution is 2.40. The average molecular weight is 574 g/mol. The van der Waals surface area contributed by atoms with Crippen LogP contribution in [0, 0.1) is 13.8 Å². The highest BCUT2D eigenvalue weighted by atomic mass is 28.4. The van der Waals surface area contributed by atoms with E-state index < -0.39 is 8.80 Å². The predicted molar refractivity (Wildman–Crippen MR) is 164 cm³/mol. The molecule has 0 heterocycles. The Morgan fingerprint density at radius 2 is 1.35 bits per heavy atom. The summed E-state index contributed by atoms with van der Waals surface area (Å²) in [6.45, 7) is 18.0. The zero-order valence-electron chi connectivity index (χ0n) is 26.5. The van der Waals surface area contributed by atoms with E-state index >= 15 is 0 Å². The van der Waals surface area contributed by atoms with Crippen LogP contribution in [0.2, 0.25) is 6.04 Å². The Morgan fingerprint density at radius 1 is 0.825 bits per heavy atom. The van der Waals surface area contributed by atoms with Gasteiger partial charge < -0.3 is 28.4 Å². The van der Waals surface area contributed by atoms with Crippen molar-refractivity contribution in [2.24, 2.45) is 0 Å². The standard InChI is InChI=1S/C32H51NO6Si/c1-22-17-24(29(35)26(19-22)31(3,4)5)21-25-18-23(2)20-27(32(6,7)8)30(25)39-28(34)13-15-33-14-12-16-40(36-9,37-10)38-11/h17-20,33,35H,12-16,21H2,1-11H3. The van der Waals surface area contributed by atoms with Crippen LogP contribution in [0.1, 0.15) is 87.8 Å². The van der Waals surface area contributed by atoms with Gasteiger partial charge in [0, 0.05) is 45.9 Å². The van der Waals surface area contributed by atoms with Gasteiger partial charge in [0.1, 0.15) is 11.5 Å². The lowest BCUT2D eigenvalue weighted by Crippen LogP contribution is -2.43. The fourth-order valence-corrected chi connectivity index (χ4v) is 6.61. The zero-order valence-corrected chi connectivity index (χ0v) is 27.5. The van der Waals surface area contributed by atoms with Gasteiger partial charge in [-0.25, -0.2) is 0 Å². The second-order valence-corrected chi connectivity index (χ2v) is 15.8. The van der Waals surface area contributed by atoms with Gasteiger partial charge in [-0.05, 0) is 54.3 Å². The number of ether oxygens (including phenoxy) is 1. The van der Waals surface area contributed by atoms with E-state index in [1.807, 2.05) is 19.1 Å². The summed E-state index contributed by atoms with van der Waals surface area (Å²) in [7, 11) is 2.24. The van der Waals surface area contributed by atoms with Crippen molar-refractivity contribution in [3.8, 4) is 11.5 Å². The fourth-order valence-electron chi connectivity index (χ4n) is 4.89. The number of hydrogen-bond acceptors (Lipinski definition) is 7. The summed E-state index contributed by atoms with van der Waals surface area (Å²) in [5.74, 6) is 0.611. The number of rotatable bonds is 13. The van der Waals surface area contributed by atoms with Gasteiger partial charge in [0.15, 0.2) is 0 Å². The van der Waals surface area contributed by atoms with E-state index in [-0.39, 0.29) is 23.2 Å². The van der Waals surface area contributed by atoms with Crippen LogP contribution in [-0.4, -0.2) is 54.3 Å². The van der Waals surface area contributed by atoms with E-state index in [0.29, 0.717) is 37.1 Å². The molecule has 0 saturated carbocycles. The minimum absolute atomic E-state index is 0.198. The van der Waals surface area contributed by atoms with Crippen molar-refractivity contribution in [3.05, 3.63) is 57.6 Å². The normalized spacial score (nSPS) is 12.6. The Labute approximate surface area is 242 Å². The highest BCUT2D eigenvalue weighted by Gasteiger charge is 2.36. The summed E-state index contributed by atoms with van der Waals surface area (Å²) in [5, 5.41) is 14.5. The third-order valence-corrected chi connectivity index (χ3v) is 9.96. The van der Waals surface area contributed by atoms with E-state index in [0.717, 1.165) is 39.8 Å². The quantitative estimate of drug-likeness (QED) is 0.125. The number of esters is 1. The molecular weight excluding hydrogens is 522 g/mol. The minimum atomic E-state index is -2.59. The largest absolute Gasteiger partial charge is 0.507 e. The lowest BCUT2D eigenvalue weighted by atomic mass is 9.81. The van der Waals surface area contributed by atoms with Gasteiger partial charge >= 0.3 is 14.8 Å². The van der Waals surface area contributed by atoms with Crippen molar-refractivity contribution >= 4 is 14.8 Å². The van der Waals surface area contributed by atoms with Crippen molar-refractivity contribution in [1.82, 2.24) is 5.32 Å². The number of benzene rings is 2. The van der Waals surface area contributed by atoms with Crippen LogP contribution in [0.25, 0.3) is 0 Å². The molecule has 7 nitrogen and oxygen atoms in total. The number of carbonyl (C=O) groups is 1.